The van der Waals surface area contributed by atoms with Crippen LogP contribution in [0.25, 0.3) is 11.5 Å². The number of oxazole rings is 1. The molecule has 2 rings (SSSR count). The monoisotopic (exact) mass is 217 g/mol. The van der Waals surface area contributed by atoms with E-state index in [0.717, 1.165) is 23.0 Å². The summed E-state index contributed by atoms with van der Waals surface area (Å²) in [5.74, 6) is -0.728. The number of hydrogen-bond acceptors (Lipinski definition) is 3. The molecule has 0 unspecified atom stereocenters. The minimum atomic E-state index is -1.08. The molecule has 0 aliphatic rings. The molecule has 0 atom stereocenters. The highest BCUT2D eigenvalue weighted by Gasteiger charge is 2.14. The van der Waals surface area contributed by atoms with Crippen molar-refractivity contribution in [1.82, 2.24) is 4.98 Å². The van der Waals surface area contributed by atoms with Crippen molar-refractivity contribution in [1.29, 1.82) is 0 Å². The number of aromatic carboxylic acids is 1. The van der Waals surface area contributed by atoms with Gasteiger partial charge in [0.15, 0.2) is 5.69 Å². The van der Waals surface area contributed by atoms with E-state index in [1.165, 1.54) is 0 Å². The lowest BCUT2D eigenvalue weighted by Crippen LogP contribution is -1.96. The molecule has 16 heavy (non-hydrogen) atoms. The third-order valence-electron chi connectivity index (χ3n) is 2.42. The summed E-state index contributed by atoms with van der Waals surface area (Å²) in [6.45, 7) is 3.87. The van der Waals surface area contributed by atoms with E-state index in [2.05, 4.69) is 4.98 Å². The zero-order chi connectivity index (χ0) is 11.7. The molecule has 0 aliphatic heterocycles. The van der Waals surface area contributed by atoms with E-state index in [4.69, 9.17) is 9.52 Å². The predicted octanol–water partition coefficient (Wildman–Crippen LogP) is 2.66. The van der Waals surface area contributed by atoms with Gasteiger partial charge in [0, 0.05) is 5.56 Å². The average Bonchev–Trinajstić information content (AvgIpc) is 2.66. The number of rotatable bonds is 2. The predicted molar refractivity (Wildman–Crippen MR) is 58.4 cm³/mol. The van der Waals surface area contributed by atoms with Crippen LogP contribution in [0.15, 0.2) is 28.9 Å². The maximum absolute atomic E-state index is 10.7. The normalized spacial score (nSPS) is 10.4. The molecule has 1 N–H and O–H groups in total. The highest BCUT2D eigenvalue weighted by atomic mass is 16.4. The lowest BCUT2D eigenvalue weighted by molar-refractivity contribution is 0.0690. The van der Waals surface area contributed by atoms with E-state index in [1.54, 1.807) is 0 Å². The first-order chi connectivity index (χ1) is 7.59. The van der Waals surface area contributed by atoms with Crippen molar-refractivity contribution < 1.29 is 14.3 Å². The first-order valence-electron chi connectivity index (χ1n) is 4.85. The Labute approximate surface area is 92.6 Å². The van der Waals surface area contributed by atoms with Crippen LogP contribution in [-0.2, 0) is 0 Å². The minimum Gasteiger partial charge on any atom is -0.476 e. The van der Waals surface area contributed by atoms with Gasteiger partial charge < -0.3 is 9.52 Å². The molecular formula is C12H11NO3. The Morgan fingerprint density at radius 2 is 1.94 bits per heavy atom. The Morgan fingerprint density at radius 3 is 2.44 bits per heavy atom. The van der Waals surface area contributed by atoms with Gasteiger partial charge in [-0.05, 0) is 25.0 Å². The van der Waals surface area contributed by atoms with Crippen LogP contribution in [0, 0.1) is 13.8 Å². The van der Waals surface area contributed by atoms with E-state index in [9.17, 15) is 4.79 Å². The van der Waals surface area contributed by atoms with Crippen molar-refractivity contribution in [3.8, 4) is 11.5 Å². The second kappa shape index (κ2) is 3.81. The van der Waals surface area contributed by atoms with E-state index in [-0.39, 0.29) is 5.69 Å². The number of aromatic nitrogens is 1. The number of carboxylic acid groups (broad SMARTS) is 1. The van der Waals surface area contributed by atoms with E-state index in [0.29, 0.717) is 5.89 Å². The van der Waals surface area contributed by atoms with Gasteiger partial charge in [-0.2, -0.15) is 0 Å². The molecule has 4 heteroatoms. The zero-order valence-corrected chi connectivity index (χ0v) is 9.02. The van der Waals surface area contributed by atoms with Crippen LogP contribution in [0.5, 0.6) is 0 Å². The van der Waals surface area contributed by atoms with Crippen LogP contribution in [0.2, 0.25) is 0 Å². The summed E-state index contributed by atoms with van der Waals surface area (Å²) < 4.78 is 5.18. The second-order valence-corrected chi connectivity index (χ2v) is 3.61. The topological polar surface area (TPSA) is 63.3 Å². The minimum absolute atomic E-state index is 0.0716. The number of carboxylic acids is 1. The number of carbonyl (C=O) groups is 1. The highest BCUT2D eigenvalue weighted by Crippen LogP contribution is 2.26. The van der Waals surface area contributed by atoms with Gasteiger partial charge in [0.2, 0.25) is 5.89 Å². The van der Waals surface area contributed by atoms with Crippen molar-refractivity contribution in [2.24, 2.45) is 0 Å². The molecule has 0 bridgehead atoms. The fourth-order valence-corrected chi connectivity index (χ4v) is 1.64. The van der Waals surface area contributed by atoms with Gasteiger partial charge in [-0.1, -0.05) is 18.2 Å². The van der Waals surface area contributed by atoms with Crippen molar-refractivity contribution in [2.45, 2.75) is 13.8 Å². The SMILES string of the molecule is Cc1cccc(C)c1-c1nc(C(=O)O)co1. The first-order valence-corrected chi connectivity index (χ1v) is 4.85. The Morgan fingerprint density at radius 1 is 1.31 bits per heavy atom. The lowest BCUT2D eigenvalue weighted by atomic mass is 10.0. The van der Waals surface area contributed by atoms with Crippen molar-refractivity contribution in [3.63, 3.8) is 0 Å². The molecule has 0 fully saturated rings. The second-order valence-electron chi connectivity index (χ2n) is 3.61. The molecule has 0 spiro atoms. The maximum atomic E-state index is 10.7. The van der Waals surface area contributed by atoms with E-state index >= 15 is 0 Å². The molecule has 0 radical (unpaired) electrons. The van der Waals surface area contributed by atoms with Crippen molar-refractivity contribution >= 4 is 5.97 Å². The molecule has 1 aromatic carbocycles. The van der Waals surface area contributed by atoms with Gasteiger partial charge in [-0.25, -0.2) is 9.78 Å². The third kappa shape index (κ3) is 1.69. The highest BCUT2D eigenvalue weighted by molar-refractivity contribution is 5.85. The Kier molecular flexibility index (Phi) is 2.48. The van der Waals surface area contributed by atoms with Gasteiger partial charge in [-0.15, -0.1) is 0 Å². The smallest absolute Gasteiger partial charge is 0.357 e. The average molecular weight is 217 g/mol. The van der Waals surface area contributed by atoms with Gasteiger partial charge in [0.05, 0.1) is 0 Å². The number of hydrogen-bond donors (Lipinski definition) is 1. The summed E-state index contributed by atoms with van der Waals surface area (Å²) in [4.78, 5) is 14.6. The van der Waals surface area contributed by atoms with Crippen LogP contribution >= 0.6 is 0 Å². The molecule has 0 saturated heterocycles. The summed E-state index contributed by atoms with van der Waals surface area (Å²) in [7, 11) is 0. The lowest BCUT2D eigenvalue weighted by Gasteiger charge is -2.04. The van der Waals surface area contributed by atoms with Gasteiger partial charge in [0.25, 0.3) is 0 Å². The van der Waals surface area contributed by atoms with Crippen LogP contribution in [0.4, 0.5) is 0 Å². The summed E-state index contributed by atoms with van der Waals surface area (Å²) in [5, 5.41) is 8.76. The van der Waals surface area contributed by atoms with Crippen LogP contribution < -0.4 is 0 Å². The van der Waals surface area contributed by atoms with Crippen molar-refractivity contribution in [3.05, 3.63) is 41.3 Å². The van der Waals surface area contributed by atoms with Crippen molar-refractivity contribution in [2.75, 3.05) is 0 Å². The standard InChI is InChI=1S/C12H11NO3/c1-7-4-3-5-8(2)10(7)11-13-9(6-16-11)12(14)15/h3-6H,1-2H3,(H,14,15). The van der Waals surface area contributed by atoms with E-state index < -0.39 is 5.97 Å². The molecule has 4 nitrogen and oxygen atoms in total. The first kappa shape index (κ1) is 10.4. The van der Waals surface area contributed by atoms with E-state index in [1.807, 2.05) is 32.0 Å². The van der Waals surface area contributed by atoms with Gasteiger partial charge in [0.1, 0.15) is 6.26 Å². The molecule has 0 aliphatic carbocycles. The van der Waals surface area contributed by atoms with Crippen LogP contribution in [0.3, 0.4) is 0 Å². The number of benzene rings is 1. The summed E-state index contributed by atoms with van der Waals surface area (Å²) in [6, 6.07) is 5.81. The van der Waals surface area contributed by atoms with Gasteiger partial charge in [-0.3, -0.25) is 0 Å². The molecule has 2 aromatic rings. The Bertz CT molecular complexity index is 523. The largest absolute Gasteiger partial charge is 0.476 e. The van der Waals surface area contributed by atoms with Crippen LogP contribution in [0.1, 0.15) is 21.6 Å². The van der Waals surface area contributed by atoms with Crippen LogP contribution in [-0.4, -0.2) is 16.1 Å². The quantitative estimate of drug-likeness (QED) is 0.839. The molecular weight excluding hydrogens is 206 g/mol. The Hall–Kier alpha value is -2.10. The fourth-order valence-electron chi connectivity index (χ4n) is 1.64. The summed E-state index contributed by atoms with van der Waals surface area (Å²) >= 11 is 0. The molecule has 1 aromatic heterocycles. The maximum Gasteiger partial charge on any atom is 0.357 e. The zero-order valence-electron chi connectivity index (χ0n) is 9.02. The molecule has 82 valence electrons. The number of aryl methyl sites for hydroxylation is 2. The summed E-state index contributed by atoms with van der Waals surface area (Å²) in [6.07, 6.45) is 1.16. The summed E-state index contributed by atoms with van der Waals surface area (Å²) in [5.41, 5.74) is 2.81. The molecule has 0 amide bonds. The number of nitrogens with zero attached hydrogens (tertiary/aromatic N) is 1. The third-order valence-corrected chi connectivity index (χ3v) is 2.42. The molecule has 0 saturated carbocycles. The fraction of sp³-hybridized carbons (Fsp3) is 0.167. The Balaban J connectivity index is 2.54. The van der Waals surface area contributed by atoms with Gasteiger partial charge >= 0.3 is 5.97 Å². The molecule has 1 heterocycles.